The molecule has 3 nitrogen and oxygen atoms in total. The number of hydrogen-bond donors (Lipinski definition) is 1. The zero-order chi connectivity index (χ0) is 12.4. The third kappa shape index (κ3) is 2.66. The minimum absolute atomic E-state index is 0.568. The number of aromatic nitrogens is 2. The number of aryl methyl sites for hydroxylation is 2. The van der Waals surface area contributed by atoms with Gasteiger partial charge < -0.3 is 5.73 Å². The standard InChI is InChI=1S/C13H22ClN3/c1-9-12(13(14)17(2)16-9)7-11(8-15)10-5-3-4-6-10/h10-11H,3-8,15H2,1-2H3. The summed E-state index contributed by atoms with van der Waals surface area (Å²) >= 11 is 6.28. The van der Waals surface area contributed by atoms with Crippen LogP contribution in [0.2, 0.25) is 5.15 Å². The van der Waals surface area contributed by atoms with Crippen molar-refractivity contribution < 1.29 is 0 Å². The maximum absolute atomic E-state index is 6.28. The summed E-state index contributed by atoms with van der Waals surface area (Å²) in [7, 11) is 1.89. The molecule has 0 saturated heterocycles. The Morgan fingerprint density at radius 1 is 1.47 bits per heavy atom. The van der Waals surface area contributed by atoms with E-state index in [4.69, 9.17) is 17.3 Å². The van der Waals surface area contributed by atoms with Gasteiger partial charge in [-0.15, -0.1) is 0 Å². The van der Waals surface area contributed by atoms with Gasteiger partial charge in [0.15, 0.2) is 0 Å². The topological polar surface area (TPSA) is 43.8 Å². The highest BCUT2D eigenvalue weighted by atomic mass is 35.5. The van der Waals surface area contributed by atoms with E-state index in [-0.39, 0.29) is 0 Å². The summed E-state index contributed by atoms with van der Waals surface area (Å²) in [6, 6.07) is 0. The van der Waals surface area contributed by atoms with Crippen LogP contribution in [0.25, 0.3) is 0 Å². The van der Waals surface area contributed by atoms with Gasteiger partial charge in [-0.05, 0) is 31.7 Å². The Morgan fingerprint density at radius 3 is 2.59 bits per heavy atom. The van der Waals surface area contributed by atoms with E-state index >= 15 is 0 Å². The van der Waals surface area contributed by atoms with E-state index in [2.05, 4.69) is 5.10 Å². The fourth-order valence-electron chi connectivity index (χ4n) is 3.04. The Morgan fingerprint density at radius 2 is 2.12 bits per heavy atom. The molecule has 1 unspecified atom stereocenters. The Bertz CT molecular complexity index is 380. The largest absolute Gasteiger partial charge is 0.330 e. The van der Waals surface area contributed by atoms with Crippen molar-refractivity contribution in [1.82, 2.24) is 9.78 Å². The SMILES string of the molecule is Cc1nn(C)c(Cl)c1CC(CN)C1CCCC1. The molecule has 0 aliphatic heterocycles. The minimum atomic E-state index is 0.568. The van der Waals surface area contributed by atoms with Crippen molar-refractivity contribution >= 4 is 11.6 Å². The summed E-state index contributed by atoms with van der Waals surface area (Å²) in [5.41, 5.74) is 8.18. The summed E-state index contributed by atoms with van der Waals surface area (Å²) < 4.78 is 1.76. The second-order valence-electron chi connectivity index (χ2n) is 5.22. The Balaban J connectivity index is 2.12. The van der Waals surface area contributed by atoms with Gasteiger partial charge in [0.1, 0.15) is 5.15 Å². The predicted molar refractivity (Wildman–Crippen MR) is 71.2 cm³/mol. The third-order valence-corrected chi connectivity index (χ3v) is 4.58. The van der Waals surface area contributed by atoms with Crippen molar-refractivity contribution in [2.24, 2.45) is 24.6 Å². The lowest BCUT2D eigenvalue weighted by atomic mass is 9.86. The van der Waals surface area contributed by atoms with Crippen LogP contribution in [0.15, 0.2) is 0 Å². The Labute approximate surface area is 108 Å². The second kappa shape index (κ2) is 5.40. The van der Waals surface area contributed by atoms with Gasteiger partial charge in [-0.3, -0.25) is 4.68 Å². The van der Waals surface area contributed by atoms with Crippen molar-refractivity contribution in [3.63, 3.8) is 0 Å². The highest BCUT2D eigenvalue weighted by Crippen LogP contribution is 2.34. The third-order valence-electron chi connectivity index (χ3n) is 4.11. The van der Waals surface area contributed by atoms with Crippen molar-refractivity contribution in [3.05, 3.63) is 16.4 Å². The molecule has 17 heavy (non-hydrogen) atoms. The first-order valence-electron chi connectivity index (χ1n) is 6.51. The van der Waals surface area contributed by atoms with Gasteiger partial charge in [0.25, 0.3) is 0 Å². The first-order valence-corrected chi connectivity index (χ1v) is 6.89. The fraction of sp³-hybridized carbons (Fsp3) is 0.769. The molecule has 1 aromatic heterocycles. The van der Waals surface area contributed by atoms with E-state index in [1.54, 1.807) is 4.68 Å². The van der Waals surface area contributed by atoms with Crippen LogP contribution in [0.3, 0.4) is 0 Å². The molecule has 96 valence electrons. The zero-order valence-electron chi connectivity index (χ0n) is 10.7. The number of rotatable bonds is 4. The number of nitrogens with zero attached hydrogens (tertiary/aromatic N) is 2. The van der Waals surface area contributed by atoms with Gasteiger partial charge in [0.05, 0.1) is 5.69 Å². The van der Waals surface area contributed by atoms with Crippen LogP contribution < -0.4 is 5.73 Å². The maximum Gasteiger partial charge on any atom is 0.130 e. The van der Waals surface area contributed by atoms with Crippen LogP contribution in [-0.2, 0) is 13.5 Å². The summed E-state index contributed by atoms with van der Waals surface area (Å²) in [5, 5.41) is 5.15. The number of hydrogen-bond acceptors (Lipinski definition) is 2. The van der Waals surface area contributed by atoms with Crippen LogP contribution in [-0.4, -0.2) is 16.3 Å². The number of nitrogens with two attached hydrogens (primary N) is 1. The van der Waals surface area contributed by atoms with Crippen LogP contribution in [0.4, 0.5) is 0 Å². The second-order valence-corrected chi connectivity index (χ2v) is 5.58. The molecule has 0 spiro atoms. The summed E-state index contributed by atoms with van der Waals surface area (Å²) in [6.07, 6.45) is 6.37. The van der Waals surface area contributed by atoms with Gasteiger partial charge >= 0.3 is 0 Å². The molecular formula is C13H22ClN3. The lowest BCUT2D eigenvalue weighted by Crippen LogP contribution is -2.24. The van der Waals surface area contributed by atoms with Crippen LogP contribution >= 0.6 is 11.6 Å². The van der Waals surface area contributed by atoms with Crippen LogP contribution in [0.1, 0.15) is 36.9 Å². The Hall–Kier alpha value is -0.540. The smallest absolute Gasteiger partial charge is 0.130 e. The highest BCUT2D eigenvalue weighted by Gasteiger charge is 2.26. The molecule has 0 radical (unpaired) electrons. The predicted octanol–water partition coefficient (Wildman–Crippen LogP) is 2.69. The van der Waals surface area contributed by atoms with Crippen molar-refractivity contribution in [3.8, 4) is 0 Å². The average molecular weight is 256 g/mol. The molecule has 0 bridgehead atoms. The van der Waals surface area contributed by atoms with E-state index < -0.39 is 0 Å². The van der Waals surface area contributed by atoms with Crippen molar-refractivity contribution in [2.75, 3.05) is 6.54 Å². The monoisotopic (exact) mass is 255 g/mol. The molecule has 0 aromatic carbocycles. The fourth-order valence-corrected chi connectivity index (χ4v) is 3.29. The minimum Gasteiger partial charge on any atom is -0.330 e. The molecule has 1 aromatic rings. The quantitative estimate of drug-likeness (QED) is 0.899. The molecule has 2 rings (SSSR count). The molecule has 1 aliphatic carbocycles. The van der Waals surface area contributed by atoms with E-state index in [0.717, 1.165) is 29.7 Å². The summed E-state index contributed by atoms with van der Waals surface area (Å²) in [6.45, 7) is 2.79. The molecular weight excluding hydrogens is 234 g/mol. The molecule has 4 heteroatoms. The average Bonchev–Trinajstić information content (AvgIpc) is 2.89. The van der Waals surface area contributed by atoms with E-state index in [1.807, 2.05) is 14.0 Å². The first kappa shape index (κ1) is 12.9. The van der Waals surface area contributed by atoms with E-state index in [9.17, 15) is 0 Å². The molecule has 1 atom stereocenters. The van der Waals surface area contributed by atoms with Crippen LogP contribution in [0.5, 0.6) is 0 Å². The molecule has 2 N–H and O–H groups in total. The summed E-state index contributed by atoms with van der Waals surface area (Å²) in [4.78, 5) is 0. The molecule has 1 heterocycles. The molecule has 1 saturated carbocycles. The highest BCUT2D eigenvalue weighted by molar-refractivity contribution is 6.30. The van der Waals surface area contributed by atoms with Crippen molar-refractivity contribution in [2.45, 2.75) is 39.0 Å². The Kier molecular flexibility index (Phi) is 4.10. The van der Waals surface area contributed by atoms with Gasteiger partial charge in [-0.25, -0.2) is 0 Å². The molecule has 1 aliphatic rings. The maximum atomic E-state index is 6.28. The van der Waals surface area contributed by atoms with Gasteiger partial charge in [0, 0.05) is 12.6 Å². The van der Waals surface area contributed by atoms with Gasteiger partial charge in [-0.1, -0.05) is 37.3 Å². The normalized spacial score (nSPS) is 18.8. The molecule has 0 amide bonds. The van der Waals surface area contributed by atoms with E-state index in [0.29, 0.717) is 5.92 Å². The van der Waals surface area contributed by atoms with Gasteiger partial charge in [0.2, 0.25) is 0 Å². The van der Waals surface area contributed by atoms with Crippen LogP contribution in [0, 0.1) is 18.8 Å². The van der Waals surface area contributed by atoms with Crippen molar-refractivity contribution in [1.29, 1.82) is 0 Å². The lowest BCUT2D eigenvalue weighted by molar-refractivity contribution is 0.344. The van der Waals surface area contributed by atoms with Gasteiger partial charge in [-0.2, -0.15) is 5.10 Å². The lowest BCUT2D eigenvalue weighted by Gasteiger charge is -2.21. The zero-order valence-corrected chi connectivity index (χ0v) is 11.5. The molecule has 1 fully saturated rings. The first-order chi connectivity index (χ1) is 8.13. The summed E-state index contributed by atoms with van der Waals surface area (Å²) in [5.74, 6) is 1.36. The van der Waals surface area contributed by atoms with E-state index in [1.165, 1.54) is 31.2 Å². The number of halogens is 1.